The summed E-state index contributed by atoms with van der Waals surface area (Å²) in [4.78, 5) is 39.7. The summed E-state index contributed by atoms with van der Waals surface area (Å²) < 4.78 is 15.5. The Morgan fingerprint density at radius 3 is 2.06 bits per heavy atom. The number of amides is 3. The van der Waals surface area contributed by atoms with Crippen LogP contribution in [0.3, 0.4) is 0 Å². The van der Waals surface area contributed by atoms with Gasteiger partial charge < -0.3 is 29.7 Å². The summed E-state index contributed by atoms with van der Waals surface area (Å²) >= 11 is 0. The molecular formula is C22H41N3O6. The first kappa shape index (κ1) is 27.2. The maximum atomic E-state index is 13.1. The lowest BCUT2D eigenvalue weighted by Gasteiger charge is -2.29. The minimum absolute atomic E-state index is 0.0421. The average molecular weight is 444 g/mol. The number of unbranched alkanes of at least 4 members (excludes halogenated alkanes) is 2. The zero-order valence-electron chi connectivity index (χ0n) is 19.9. The minimum Gasteiger partial charge on any atom is -0.444 e. The van der Waals surface area contributed by atoms with E-state index in [2.05, 4.69) is 10.6 Å². The van der Waals surface area contributed by atoms with Crippen LogP contribution < -0.4 is 10.6 Å². The van der Waals surface area contributed by atoms with Crippen molar-refractivity contribution in [3.63, 3.8) is 0 Å². The lowest BCUT2D eigenvalue weighted by Crippen LogP contribution is -2.47. The van der Waals surface area contributed by atoms with E-state index in [-0.39, 0.29) is 24.8 Å². The van der Waals surface area contributed by atoms with E-state index in [9.17, 15) is 14.4 Å². The van der Waals surface area contributed by atoms with Crippen LogP contribution in [0.25, 0.3) is 0 Å². The standard InChI is InChI=1S/C22H41N3O6/c1-21(2,3)31-20(28)25-13-10-22(17-25,19(27)24-12-7-9-15-30-5)16-18(26)23-11-6-8-14-29-4/h6-17H2,1-5H3,(H,23,26)(H,24,27)/t22-/m1/s1. The number of methoxy groups -OCH3 is 2. The van der Waals surface area contributed by atoms with Gasteiger partial charge in [-0.15, -0.1) is 0 Å². The first-order valence-electron chi connectivity index (χ1n) is 11.1. The molecule has 1 heterocycles. The zero-order valence-corrected chi connectivity index (χ0v) is 19.9. The molecule has 31 heavy (non-hydrogen) atoms. The van der Waals surface area contributed by atoms with Crippen LogP contribution in [0.1, 0.15) is 59.3 Å². The van der Waals surface area contributed by atoms with E-state index in [0.29, 0.717) is 39.3 Å². The molecule has 1 atom stereocenters. The van der Waals surface area contributed by atoms with Gasteiger partial charge in [0.15, 0.2) is 0 Å². The molecule has 1 rings (SSSR count). The van der Waals surface area contributed by atoms with Crippen molar-refractivity contribution in [2.75, 3.05) is 53.6 Å². The van der Waals surface area contributed by atoms with Crippen LogP contribution in [-0.2, 0) is 23.8 Å². The van der Waals surface area contributed by atoms with Crippen molar-refractivity contribution in [1.82, 2.24) is 15.5 Å². The molecule has 0 aromatic carbocycles. The smallest absolute Gasteiger partial charge is 0.410 e. The highest BCUT2D eigenvalue weighted by Gasteiger charge is 2.48. The number of rotatable bonds is 13. The first-order valence-corrected chi connectivity index (χ1v) is 11.1. The maximum Gasteiger partial charge on any atom is 0.410 e. The quantitative estimate of drug-likeness (QED) is 0.422. The minimum atomic E-state index is -0.950. The van der Waals surface area contributed by atoms with E-state index in [4.69, 9.17) is 14.2 Å². The molecule has 2 N–H and O–H groups in total. The average Bonchev–Trinajstić information content (AvgIpc) is 3.11. The second-order valence-electron chi connectivity index (χ2n) is 9.11. The second kappa shape index (κ2) is 13.5. The monoisotopic (exact) mass is 443 g/mol. The Labute approximate surface area is 186 Å². The lowest BCUT2D eigenvalue weighted by molar-refractivity contribution is -0.136. The highest BCUT2D eigenvalue weighted by Crippen LogP contribution is 2.35. The predicted octanol–water partition coefficient (Wildman–Crippen LogP) is 2.09. The van der Waals surface area contributed by atoms with Crippen molar-refractivity contribution >= 4 is 17.9 Å². The molecule has 0 aromatic heterocycles. The molecule has 0 radical (unpaired) electrons. The molecule has 180 valence electrons. The van der Waals surface area contributed by atoms with Crippen molar-refractivity contribution in [3.05, 3.63) is 0 Å². The fourth-order valence-corrected chi connectivity index (χ4v) is 3.49. The van der Waals surface area contributed by atoms with Crippen LogP contribution in [0, 0.1) is 5.41 Å². The third kappa shape index (κ3) is 10.3. The van der Waals surface area contributed by atoms with E-state index in [1.165, 1.54) is 4.90 Å². The van der Waals surface area contributed by atoms with Crippen molar-refractivity contribution in [3.8, 4) is 0 Å². The Kier molecular flexibility index (Phi) is 11.8. The van der Waals surface area contributed by atoms with E-state index in [1.54, 1.807) is 35.0 Å². The molecule has 1 aliphatic rings. The predicted molar refractivity (Wildman–Crippen MR) is 118 cm³/mol. The summed E-state index contributed by atoms with van der Waals surface area (Å²) in [6, 6.07) is 0. The third-order valence-corrected chi connectivity index (χ3v) is 5.14. The molecule has 9 heteroatoms. The largest absolute Gasteiger partial charge is 0.444 e. The summed E-state index contributed by atoms with van der Waals surface area (Å²) in [6.45, 7) is 8.29. The van der Waals surface area contributed by atoms with Gasteiger partial charge in [0.25, 0.3) is 0 Å². The molecule has 0 aliphatic carbocycles. The van der Waals surface area contributed by atoms with Crippen LogP contribution in [0.15, 0.2) is 0 Å². The van der Waals surface area contributed by atoms with Gasteiger partial charge >= 0.3 is 6.09 Å². The summed E-state index contributed by atoms with van der Waals surface area (Å²) in [7, 11) is 3.29. The SMILES string of the molecule is COCCCCNC(=O)C[C@]1(C(=O)NCCCCOC)CCN(C(=O)OC(C)(C)C)C1. The van der Waals surface area contributed by atoms with E-state index in [1.807, 2.05) is 0 Å². The second-order valence-corrected chi connectivity index (χ2v) is 9.11. The van der Waals surface area contributed by atoms with Crippen LogP contribution in [0.5, 0.6) is 0 Å². The summed E-state index contributed by atoms with van der Waals surface area (Å²) in [6.07, 6.45) is 3.31. The van der Waals surface area contributed by atoms with Crippen LogP contribution in [0.4, 0.5) is 4.79 Å². The number of nitrogens with zero attached hydrogens (tertiary/aromatic N) is 1. The Bertz CT molecular complexity index is 578. The molecule has 0 spiro atoms. The molecule has 0 aromatic rings. The molecule has 0 unspecified atom stereocenters. The van der Waals surface area contributed by atoms with Crippen molar-refractivity contribution in [2.24, 2.45) is 5.41 Å². The van der Waals surface area contributed by atoms with Crippen LogP contribution in [0.2, 0.25) is 0 Å². The van der Waals surface area contributed by atoms with Gasteiger partial charge in [0.05, 0.1) is 5.41 Å². The fourth-order valence-electron chi connectivity index (χ4n) is 3.49. The molecule has 9 nitrogen and oxygen atoms in total. The number of hydrogen-bond donors (Lipinski definition) is 2. The summed E-state index contributed by atoms with van der Waals surface area (Å²) in [5.41, 5.74) is -1.57. The van der Waals surface area contributed by atoms with Crippen molar-refractivity contribution in [2.45, 2.75) is 64.9 Å². The van der Waals surface area contributed by atoms with E-state index >= 15 is 0 Å². The van der Waals surface area contributed by atoms with Gasteiger partial charge in [0, 0.05) is 60.0 Å². The number of ether oxygens (including phenoxy) is 3. The highest BCUT2D eigenvalue weighted by molar-refractivity contribution is 5.90. The molecular weight excluding hydrogens is 402 g/mol. The van der Waals surface area contributed by atoms with E-state index < -0.39 is 17.1 Å². The highest BCUT2D eigenvalue weighted by atomic mass is 16.6. The Hall–Kier alpha value is -1.87. The van der Waals surface area contributed by atoms with Crippen LogP contribution in [-0.4, -0.2) is 82.0 Å². The van der Waals surface area contributed by atoms with Gasteiger partial charge in [-0.1, -0.05) is 0 Å². The van der Waals surface area contributed by atoms with Gasteiger partial charge in [0.1, 0.15) is 5.60 Å². The lowest BCUT2D eigenvalue weighted by atomic mass is 9.82. The Balaban J connectivity index is 2.72. The molecule has 3 amide bonds. The topological polar surface area (TPSA) is 106 Å². The number of carbonyl (C=O) groups is 3. The zero-order chi connectivity index (χ0) is 23.3. The van der Waals surface area contributed by atoms with Gasteiger partial charge in [-0.2, -0.15) is 0 Å². The van der Waals surface area contributed by atoms with Gasteiger partial charge in [-0.25, -0.2) is 4.79 Å². The third-order valence-electron chi connectivity index (χ3n) is 5.14. The molecule has 1 aliphatic heterocycles. The number of carbonyl (C=O) groups excluding carboxylic acids is 3. The maximum absolute atomic E-state index is 13.1. The molecule has 0 bridgehead atoms. The number of hydrogen-bond acceptors (Lipinski definition) is 6. The van der Waals surface area contributed by atoms with Gasteiger partial charge in [0.2, 0.25) is 11.8 Å². The van der Waals surface area contributed by atoms with E-state index in [0.717, 1.165) is 25.7 Å². The number of likely N-dealkylation sites (tertiary alicyclic amines) is 1. The Morgan fingerprint density at radius 2 is 1.52 bits per heavy atom. The molecule has 1 saturated heterocycles. The van der Waals surface area contributed by atoms with Crippen LogP contribution >= 0.6 is 0 Å². The van der Waals surface area contributed by atoms with Gasteiger partial charge in [-0.05, 0) is 52.9 Å². The Morgan fingerprint density at radius 1 is 0.935 bits per heavy atom. The summed E-state index contributed by atoms with van der Waals surface area (Å²) in [5.74, 6) is -0.372. The van der Waals surface area contributed by atoms with Crippen molar-refractivity contribution < 1.29 is 28.6 Å². The fraction of sp³-hybridized carbons (Fsp3) is 0.864. The molecule has 1 fully saturated rings. The normalized spacial score (nSPS) is 18.7. The summed E-state index contributed by atoms with van der Waals surface area (Å²) in [5, 5.41) is 5.84. The van der Waals surface area contributed by atoms with Crippen molar-refractivity contribution in [1.29, 1.82) is 0 Å². The number of nitrogens with one attached hydrogen (secondary N) is 2. The van der Waals surface area contributed by atoms with Gasteiger partial charge in [-0.3, -0.25) is 9.59 Å². The first-order chi connectivity index (χ1) is 14.6. The molecule has 0 saturated carbocycles.